The third-order valence-corrected chi connectivity index (χ3v) is 9.95. The van der Waals surface area contributed by atoms with Crippen molar-refractivity contribution in [2.24, 2.45) is 17.3 Å². The number of rotatable bonds is 2. The summed E-state index contributed by atoms with van der Waals surface area (Å²) in [6, 6.07) is 8.79. The molecule has 2 saturated carbocycles. The molecular weight excluding hydrogens is 454 g/mol. The summed E-state index contributed by atoms with van der Waals surface area (Å²) in [7, 11) is 4.09. The highest BCUT2D eigenvalue weighted by Crippen LogP contribution is 2.68. The second-order valence-electron chi connectivity index (χ2n) is 12.1. The van der Waals surface area contributed by atoms with E-state index >= 15 is 0 Å². The second kappa shape index (κ2) is 8.11. The van der Waals surface area contributed by atoms with Crippen LogP contribution in [0.1, 0.15) is 70.3 Å². The van der Waals surface area contributed by atoms with Gasteiger partial charge in [-0.15, -0.1) is 0 Å². The molecule has 6 nitrogen and oxygen atoms in total. The Hall–Kier alpha value is -2.28. The Balaban J connectivity index is 1.51. The van der Waals surface area contributed by atoms with E-state index in [9.17, 15) is 14.7 Å². The van der Waals surface area contributed by atoms with E-state index in [1.165, 1.54) is 29.2 Å². The molecule has 1 saturated heterocycles. The number of allylic oxidation sites excluding steroid dienone is 4. The fraction of sp³-hybridized carbons (Fsp3) is 0.600. The molecule has 3 fully saturated rings. The second-order valence-corrected chi connectivity index (χ2v) is 12.1. The van der Waals surface area contributed by atoms with Crippen molar-refractivity contribution in [1.29, 1.82) is 0 Å². The fourth-order valence-corrected chi connectivity index (χ4v) is 8.30. The van der Waals surface area contributed by atoms with Crippen LogP contribution >= 0.6 is 0 Å². The Bertz CT molecular complexity index is 1180. The van der Waals surface area contributed by atoms with Gasteiger partial charge in [-0.25, -0.2) is 0 Å². The highest BCUT2D eigenvalue weighted by Gasteiger charge is 2.69. The number of nitrogens with zero attached hydrogens (tertiary/aromatic N) is 1. The van der Waals surface area contributed by atoms with Gasteiger partial charge in [0, 0.05) is 44.5 Å². The number of hydrogen-bond acceptors (Lipinski definition) is 6. The van der Waals surface area contributed by atoms with Crippen molar-refractivity contribution >= 4 is 17.3 Å². The van der Waals surface area contributed by atoms with Crippen LogP contribution in [0.3, 0.4) is 0 Å². The Morgan fingerprint density at radius 2 is 1.78 bits per heavy atom. The zero-order valence-corrected chi connectivity index (χ0v) is 21.8. The molecule has 1 heterocycles. The van der Waals surface area contributed by atoms with Gasteiger partial charge in [-0.3, -0.25) is 9.59 Å². The molecule has 5 aliphatic rings. The molecule has 6 rings (SSSR count). The van der Waals surface area contributed by atoms with Crippen LogP contribution in [0.5, 0.6) is 0 Å². The molecule has 192 valence electrons. The first kappa shape index (κ1) is 24.1. The van der Waals surface area contributed by atoms with Crippen molar-refractivity contribution in [1.82, 2.24) is 0 Å². The minimum atomic E-state index is -1.76. The maximum Gasteiger partial charge on any atom is 0.278 e. The fourth-order valence-electron chi connectivity index (χ4n) is 8.30. The summed E-state index contributed by atoms with van der Waals surface area (Å²) in [5, 5.41) is 10.7. The third kappa shape index (κ3) is 3.41. The first-order valence-corrected chi connectivity index (χ1v) is 13.4. The number of Topliss-reactive ketones (excluding diaryl/α,β-unsaturated/α-hetero) is 1. The van der Waals surface area contributed by atoms with Gasteiger partial charge >= 0.3 is 0 Å². The van der Waals surface area contributed by atoms with Gasteiger partial charge < -0.3 is 19.5 Å². The van der Waals surface area contributed by atoms with Gasteiger partial charge in [0.15, 0.2) is 11.6 Å². The highest BCUT2D eigenvalue weighted by molar-refractivity contribution is 5.93. The number of aliphatic hydroxyl groups is 1. The summed E-state index contributed by atoms with van der Waals surface area (Å²) < 4.78 is 11.6. The predicted molar refractivity (Wildman–Crippen MR) is 136 cm³/mol. The number of benzene rings is 1. The molecule has 0 bridgehead atoms. The van der Waals surface area contributed by atoms with Crippen LogP contribution in [0.4, 0.5) is 5.69 Å². The average Bonchev–Trinajstić information content (AvgIpc) is 3.12. The molecule has 0 radical (unpaired) electrons. The SMILES string of the molecule is CN(C)c1ccc([C@H]2C[C@@]3(C)C(CC[C@@]34OC(C)(O)OCC4=O)C3CCC4=CC(=O)CCC4=C32)cc1. The van der Waals surface area contributed by atoms with E-state index in [-0.39, 0.29) is 30.0 Å². The smallest absolute Gasteiger partial charge is 0.278 e. The number of fused-ring (bicyclic) bond motifs is 5. The largest absolute Gasteiger partial charge is 0.378 e. The van der Waals surface area contributed by atoms with Crippen molar-refractivity contribution in [3.8, 4) is 0 Å². The van der Waals surface area contributed by atoms with Crippen LogP contribution in [0.2, 0.25) is 0 Å². The molecule has 1 aliphatic heterocycles. The van der Waals surface area contributed by atoms with E-state index in [0.717, 1.165) is 37.8 Å². The maximum atomic E-state index is 13.5. The van der Waals surface area contributed by atoms with E-state index in [1.807, 2.05) is 20.2 Å². The number of ketones is 2. The maximum absolute atomic E-state index is 13.5. The zero-order valence-electron chi connectivity index (χ0n) is 21.8. The minimum absolute atomic E-state index is 0.0449. The summed E-state index contributed by atoms with van der Waals surface area (Å²) in [5.41, 5.74) is 5.03. The van der Waals surface area contributed by atoms with E-state index in [4.69, 9.17) is 9.47 Å². The van der Waals surface area contributed by atoms with Gasteiger partial charge in [0.2, 0.25) is 0 Å². The first-order valence-electron chi connectivity index (χ1n) is 13.4. The Morgan fingerprint density at radius 3 is 2.50 bits per heavy atom. The molecule has 36 heavy (non-hydrogen) atoms. The van der Waals surface area contributed by atoms with Gasteiger partial charge in [-0.05, 0) is 85.3 Å². The lowest BCUT2D eigenvalue weighted by molar-refractivity contribution is -0.405. The highest BCUT2D eigenvalue weighted by atomic mass is 16.8. The van der Waals surface area contributed by atoms with Gasteiger partial charge in [0.1, 0.15) is 12.2 Å². The van der Waals surface area contributed by atoms with Gasteiger partial charge in [0.25, 0.3) is 5.97 Å². The molecule has 1 spiro atoms. The normalized spacial score (nSPS) is 40.0. The average molecular weight is 492 g/mol. The summed E-state index contributed by atoms with van der Waals surface area (Å²) in [6.45, 7) is 3.61. The van der Waals surface area contributed by atoms with Gasteiger partial charge in [0.05, 0.1) is 0 Å². The first-order chi connectivity index (χ1) is 17.0. The van der Waals surface area contributed by atoms with Crippen molar-refractivity contribution in [3.63, 3.8) is 0 Å². The molecular formula is C30H37NO5. The lowest BCUT2D eigenvalue weighted by Crippen LogP contribution is -2.64. The number of ether oxygens (including phenoxy) is 2. The number of anilines is 1. The lowest BCUT2D eigenvalue weighted by Gasteiger charge is -2.57. The standard InChI is InChI=1S/C30H37NO5/c1-28-16-24(18-5-8-20(9-6-18)31(3)4)27-22-12-10-21(32)15-19(22)7-11-23(27)25(28)13-14-30(28)26(33)17-35-29(2,34)36-30/h5-6,8-9,15,23-25,34H,7,10-14,16-17H2,1-4H3/t23?,24-,25?,28+,29?,30+/m1/s1. The van der Waals surface area contributed by atoms with Crippen LogP contribution in [0, 0.1) is 17.3 Å². The summed E-state index contributed by atoms with van der Waals surface area (Å²) in [6.07, 6.45) is 7.46. The van der Waals surface area contributed by atoms with Crippen LogP contribution in [-0.4, -0.2) is 48.9 Å². The quantitative estimate of drug-likeness (QED) is 0.648. The van der Waals surface area contributed by atoms with Crippen molar-refractivity contribution in [3.05, 3.63) is 52.6 Å². The summed E-state index contributed by atoms with van der Waals surface area (Å²) >= 11 is 0. The van der Waals surface area contributed by atoms with Crippen LogP contribution in [0.15, 0.2) is 47.1 Å². The van der Waals surface area contributed by atoms with Crippen molar-refractivity contribution in [2.45, 2.75) is 76.3 Å². The predicted octanol–water partition coefficient (Wildman–Crippen LogP) is 4.67. The molecule has 6 atom stereocenters. The van der Waals surface area contributed by atoms with E-state index in [1.54, 1.807) is 0 Å². The molecule has 1 aromatic rings. The van der Waals surface area contributed by atoms with Crippen molar-refractivity contribution < 1.29 is 24.2 Å². The van der Waals surface area contributed by atoms with E-state index in [2.05, 4.69) is 36.1 Å². The Morgan fingerprint density at radius 1 is 1.03 bits per heavy atom. The monoisotopic (exact) mass is 491 g/mol. The summed E-state index contributed by atoms with van der Waals surface area (Å²) in [4.78, 5) is 27.9. The van der Waals surface area contributed by atoms with Crippen LogP contribution in [0.25, 0.3) is 0 Å². The van der Waals surface area contributed by atoms with Crippen LogP contribution < -0.4 is 4.90 Å². The molecule has 6 heteroatoms. The van der Waals surface area contributed by atoms with Gasteiger partial charge in [-0.2, -0.15) is 0 Å². The minimum Gasteiger partial charge on any atom is -0.378 e. The van der Waals surface area contributed by atoms with Crippen LogP contribution in [-0.2, 0) is 19.1 Å². The Kier molecular flexibility index (Phi) is 5.42. The van der Waals surface area contributed by atoms with Gasteiger partial charge in [-0.1, -0.05) is 24.6 Å². The molecule has 3 unspecified atom stereocenters. The van der Waals surface area contributed by atoms with E-state index in [0.29, 0.717) is 18.8 Å². The number of hydrogen-bond donors (Lipinski definition) is 1. The zero-order chi connectivity index (χ0) is 25.5. The van der Waals surface area contributed by atoms with Crippen molar-refractivity contribution in [2.75, 3.05) is 25.6 Å². The molecule has 0 aromatic heterocycles. The van der Waals surface area contributed by atoms with E-state index < -0.39 is 17.0 Å². The number of carbonyl (C=O) groups is 2. The molecule has 4 aliphatic carbocycles. The molecule has 1 N–H and O–H groups in total. The third-order valence-electron chi connectivity index (χ3n) is 9.95. The molecule has 0 amide bonds. The Labute approximate surface area is 213 Å². The lowest BCUT2D eigenvalue weighted by atomic mass is 9.50. The molecule has 1 aromatic carbocycles. The number of carbonyl (C=O) groups excluding carboxylic acids is 2. The summed E-state index contributed by atoms with van der Waals surface area (Å²) in [5.74, 6) is -0.807. The topological polar surface area (TPSA) is 76.1 Å².